The Bertz CT molecular complexity index is 735. The molecule has 1 fully saturated rings. The summed E-state index contributed by atoms with van der Waals surface area (Å²) in [7, 11) is -3.68. The number of halogens is 1. The molecule has 2 N–H and O–H groups in total. The quantitative estimate of drug-likeness (QED) is 0.726. The van der Waals surface area contributed by atoms with Gasteiger partial charge in [0.05, 0.1) is 17.5 Å². The Hall–Kier alpha value is -1.95. The first-order valence-electron chi connectivity index (χ1n) is 8.06. The minimum atomic E-state index is -3.68. The van der Waals surface area contributed by atoms with E-state index in [2.05, 4.69) is 16.0 Å². The number of benzene rings is 1. The monoisotopic (exact) mass is 367 g/mol. The molecule has 6 nitrogen and oxygen atoms in total. The highest BCUT2D eigenvalue weighted by molar-refractivity contribution is 7.89. The Balaban J connectivity index is 1.89. The highest BCUT2D eigenvalue weighted by Gasteiger charge is 2.28. The van der Waals surface area contributed by atoms with Crippen molar-refractivity contribution in [2.45, 2.75) is 36.7 Å². The van der Waals surface area contributed by atoms with Crippen molar-refractivity contribution < 1.29 is 17.6 Å². The fourth-order valence-electron chi connectivity index (χ4n) is 2.76. The van der Waals surface area contributed by atoms with E-state index in [-0.39, 0.29) is 29.4 Å². The lowest BCUT2D eigenvalue weighted by molar-refractivity contribution is -0.126. The molecule has 1 heterocycles. The van der Waals surface area contributed by atoms with Gasteiger partial charge >= 0.3 is 0 Å². The minimum Gasteiger partial charge on any atom is -0.344 e. The van der Waals surface area contributed by atoms with E-state index in [0.717, 1.165) is 12.1 Å². The topological polar surface area (TPSA) is 78.5 Å². The maximum atomic E-state index is 12.9. The first-order chi connectivity index (χ1) is 11.8. The summed E-state index contributed by atoms with van der Waals surface area (Å²) in [6.07, 6.45) is 6.31. The second-order valence-electron chi connectivity index (χ2n) is 5.98. The summed E-state index contributed by atoms with van der Waals surface area (Å²) in [5, 5.41) is 2.65. The van der Waals surface area contributed by atoms with Gasteiger partial charge in [-0.15, -0.1) is 6.42 Å². The van der Waals surface area contributed by atoms with Gasteiger partial charge in [0, 0.05) is 19.1 Å². The number of rotatable bonds is 6. The Morgan fingerprint density at radius 2 is 1.96 bits per heavy atom. The molecule has 8 heteroatoms. The molecular formula is C17H22FN3O3S. The Morgan fingerprint density at radius 3 is 2.52 bits per heavy atom. The van der Waals surface area contributed by atoms with Gasteiger partial charge in [-0.25, -0.2) is 17.5 Å². The highest BCUT2D eigenvalue weighted by atomic mass is 32.2. The van der Waals surface area contributed by atoms with Crippen molar-refractivity contribution in [2.75, 3.05) is 19.6 Å². The van der Waals surface area contributed by atoms with Crippen LogP contribution in [0, 0.1) is 18.2 Å². The van der Waals surface area contributed by atoms with Crippen molar-refractivity contribution in [3.05, 3.63) is 30.1 Å². The highest BCUT2D eigenvalue weighted by Crippen LogP contribution is 2.17. The van der Waals surface area contributed by atoms with E-state index in [9.17, 15) is 17.6 Å². The summed E-state index contributed by atoms with van der Waals surface area (Å²) >= 11 is 0. The molecule has 0 radical (unpaired) electrons. The standard InChI is InChI=1S/C17H22FN3O3S/c1-3-10-19-17(22)13(2)21-11-8-15(9-12-21)20-25(23,24)16-6-4-14(18)5-7-16/h1,4-7,13,15,20H,8-12H2,2H3,(H,19,22). The van der Waals surface area contributed by atoms with Crippen molar-refractivity contribution >= 4 is 15.9 Å². The lowest BCUT2D eigenvalue weighted by Crippen LogP contribution is -2.51. The molecule has 1 saturated heterocycles. The van der Waals surface area contributed by atoms with Crippen LogP contribution in [0.4, 0.5) is 4.39 Å². The van der Waals surface area contributed by atoms with Gasteiger partial charge in [0.25, 0.3) is 0 Å². The third-order valence-corrected chi connectivity index (χ3v) is 5.80. The van der Waals surface area contributed by atoms with E-state index in [1.165, 1.54) is 12.1 Å². The molecule has 1 aliphatic heterocycles. The predicted octanol–water partition coefficient (Wildman–Crippen LogP) is 0.706. The second-order valence-corrected chi connectivity index (χ2v) is 7.70. The van der Waals surface area contributed by atoms with Crippen LogP contribution in [-0.2, 0) is 14.8 Å². The molecule has 1 unspecified atom stereocenters. The number of likely N-dealkylation sites (tertiary alicyclic amines) is 1. The van der Waals surface area contributed by atoms with Crippen LogP contribution >= 0.6 is 0 Å². The number of nitrogens with zero attached hydrogens (tertiary/aromatic N) is 1. The molecule has 1 amide bonds. The van der Waals surface area contributed by atoms with Crippen LogP contribution in [0.25, 0.3) is 0 Å². The van der Waals surface area contributed by atoms with Crippen LogP contribution in [0.1, 0.15) is 19.8 Å². The third-order valence-electron chi connectivity index (χ3n) is 4.27. The van der Waals surface area contributed by atoms with Crippen LogP contribution in [0.2, 0.25) is 0 Å². The molecule has 0 aromatic heterocycles. The minimum absolute atomic E-state index is 0.0401. The molecule has 1 aromatic rings. The maximum absolute atomic E-state index is 12.9. The number of sulfonamides is 1. The summed E-state index contributed by atoms with van der Waals surface area (Å²) < 4.78 is 40.2. The summed E-state index contributed by atoms with van der Waals surface area (Å²) in [5.41, 5.74) is 0. The zero-order chi connectivity index (χ0) is 18.4. The first kappa shape index (κ1) is 19.4. The number of nitrogens with one attached hydrogen (secondary N) is 2. The van der Waals surface area contributed by atoms with E-state index in [1.807, 2.05) is 4.90 Å². The molecule has 0 saturated carbocycles. The average molecular weight is 367 g/mol. The van der Waals surface area contributed by atoms with E-state index in [4.69, 9.17) is 6.42 Å². The van der Waals surface area contributed by atoms with Crippen LogP contribution in [0.5, 0.6) is 0 Å². The SMILES string of the molecule is C#CCNC(=O)C(C)N1CCC(NS(=O)(=O)c2ccc(F)cc2)CC1. The summed E-state index contributed by atoms with van der Waals surface area (Å²) in [6.45, 7) is 3.19. The zero-order valence-electron chi connectivity index (χ0n) is 14.0. The van der Waals surface area contributed by atoms with Gasteiger partial charge in [0.15, 0.2) is 0 Å². The molecule has 136 valence electrons. The molecular weight excluding hydrogens is 345 g/mol. The number of carbonyl (C=O) groups excluding carboxylic acids is 1. The van der Waals surface area contributed by atoms with E-state index >= 15 is 0 Å². The zero-order valence-corrected chi connectivity index (χ0v) is 14.9. The van der Waals surface area contributed by atoms with Crippen molar-refractivity contribution in [1.82, 2.24) is 14.9 Å². The van der Waals surface area contributed by atoms with Crippen molar-refractivity contribution in [2.24, 2.45) is 0 Å². The van der Waals surface area contributed by atoms with Gasteiger partial charge in [0.1, 0.15) is 5.82 Å². The predicted molar refractivity (Wildman–Crippen MR) is 92.6 cm³/mol. The van der Waals surface area contributed by atoms with E-state index in [1.54, 1.807) is 6.92 Å². The number of carbonyl (C=O) groups is 1. The lowest BCUT2D eigenvalue weighted by atomic mass is 10.0. The number of hydrogen-bond donors (Lipinski definition) is 2. The second kappa shape index (κ2) is 8.43. The molecule has 0 bridgehead atoms. The Labute approximate surface area is 147 Å². The number of terminal acetylenes is 1. The maximum Gasteiger partial charge on any atom is 0.240 e. The smallest absolute Gasteiger partial charge is 0.240 e. The Morgan fingerprint density at radius 1 is 1.36 bits per heavy atom. The van der Waals surface area contributed by atoms with Gasteiger partial charge in [-0.1, -0.05) is 5.92 Å². The molecule has 1 aromatic carbocycles. The largest absolute Gasteiger partial charge is 0.344 e. The van der Waals surface area contributed by atoms with Crippen LogP contribution < -0.4 is 10.0 Å². The van der Waals surface area contributed by atoms with Gasteiger partial charge in [-0.05, 0) is 44.0 Å². The average Bonchev–Trinajstić information content (AvgIpc) is 2.59. The fourth-order valence-corrected chi connectivity index (χ4v) is 4.06. The van der Waals surface area contributed by atoms with Crippen molar-refractivity contribution in [3.8, 4) is 12.3 Å². The lowest BCUT2D eigenvalue weighted by Gasteiger charge is -2.35. The summed E-state index contributed by atoms with van der Waals surface area (Å²) in [5.74, 6) is 1.74. The molecule has 0 aliphatic carbocycles. The summed E-state index contributed by atoms with van der Waals surface area (Å²) in [6, 6.07) is 4.19. The van der Waals surface area contributed by atoms with Crippen molar-refractivity contribution in [3.63, 3.8) is 0 Å². The van der Waals surface area contributed by atoms with Crippen molar-refractivity contribution in [1.29, 1.82) is 0 Å². The first-order valence-corrected chi connectivity index (χ1v) is 9.55. The number of amides is 1. The number of hydrogen-bond acceptors (Lipinski definition) is 4. The van der Waals surface area contributed by atoms with Gasteiger partial charge in [-0.3, -0.25) is 9.69 Å². The van der Waals surface area contributed by atoms with Crippen LogP contribution in [-0.4, -0.2) is 50.9 Å². The summed E-state index contributed by atoms with van der Waals surface area (Å²) in [4.78, 5) is 14.0. The van der Waals surface area contributed by atoms with Gasteiger partial charge in [0.2, 0.25) is 15.9 Å². The van der Waals surface area contributed by atoms with E-state index < -0.39 is 15.8 Å². The van der Waals surface area contributed by atoms with Gasteiger partial charge < -0.3 is 5.32 Å². The molecule has 1 aliphatic rings. The van der Waals surface area contributed by atoms with Crippen LogP contribution in [0.15, 0.2) is 29.2 Å². The molecule has 2 rings (SSSR count). The third kappa shape index (κ3) is 5.26. The molecule has 1 atom stereocenters. The number of piperidine rings is 1. The fraction of sp³-hybridized carbons (Fsp3) is 0.471. The van der Waals surface area contributed by atoms with Crippen LogP contribution in [0.3, 0.4) is 0 Å². The normalized spacial score (nSPS) is 17.6. The van der Waals surface area contributed by atoms with E-state index in [0.29, 0.717) is 25.9 Å². The Kier molecular flexibility index (Phi) is 6.53. The molecule has 25 heavy (non-hydrogen) atoms. The molecule has 0 spiro atoms. The van der Waals surface area contributed by atoms with Gasteiger partial charge in [-0.2, -0.15) is 0 Å².